The van der Waals surface area contributed by atoms with Crippen molar-refractivity contribution in [1.29, 1.82) is 0 Å². The van der Waals surface area contributed by atoms with Gasteiger partial charge in [0.1, 0.15) is 0 Å². The van der Waals surface area contributed by atoms with E-state index in [0.717, 1.165) is 35.8 Å². The molecule has 2 aliphatic heterocycles. The molecule has 1 aromatic heterocycles. The van der Waals surface area contributed by atoms with Crippen molar-refractivity contribution < 1.29 is 22.7 Å². The van der Waals surface area contributed by atoms with E-state index in [0.29, 0.717) is 48.3 Å². The molecule has 3 heterocycles. The summed E-state index contributed by atoms with van der Waals surface area (Å²) in [4.78, 5) is 24.4. The number of rotatable bonds is 6. The number of carbonyl (C=O) groups is 1. The molecule has 0 bridgehead atoms. The van der Waals surface area contributed by atoms with E-state index in [1.165, 1.54) is 19.2 Å². The highest BCUT2D eigenvalue weighted by Crippen LogP contribution is 2.33. The van der Waals surface area contributed by atoms with Crippen LogP contribution in [0.2, 0.25) is 0 Å². The summed E-state index contributed by atoms with van der Waals surface area (Å²) in [6.45, 7) is 2.23. The molecule has 35 heavy (non-hydrogen) atoms. The normalized spacial score (nSPS) is 15.9. The lowest BCUT2D eigenvalue weighted by Crippen LogP contribution is -2.35. The van der Waals surface area contributed by atoms with Crippen LogP contribution in [0.15, 0.2) is 47.4 Å². The van der Waals surface area contributed by atoms with Crippen molar-refractivity contribution >= 4 is 38.6 Å². The smallest absolute Gasteiger partial charge is 0.243 e. The molecule has 1 N–H and O–H groups in total. The van der Waals surface area contributed by atoms with E-state index in [4.69, 9.17) is 14.5 Å². The molecule has 3 aromatic rings. The number of ether oxygens (including phenoxy) is 2. The molecule has 11 heteroatoms. The van der Waals surface area contributed by atoms with Gasteiger partial charge in [-0.1, -0.05) is 12.1 Å². The zero-order valence-corrected chi connectivity index (χ0v) is 20.3. The summed E-state index contributed by atoms with van der Waals surface area (Å²) in [7, 11) is -2.58. The third kappa shape index (κ3) is 4.87. The van der Waals surface area contributed by atoms with Gasteiger partial charge >= 0.3 is 0 Å². The molecule has 0 radical (unpaired) electrons. The van der Waals surface area contributed by atoms with Crippen molar-refractivity contribution in [2.24, 2.45) is 0 Å². The Bertz CT molecular complexity index is 1360. The van der Waals surface area contributed by atoms with Crippen LogP contribution in [0.5, 0.6) is 11.5 Å². The van der Waals surface area contributed by atoms with Crippen LogP contribution in [0.25, 0.3) is 11.0 Å². The van der Waals surface area contributed by atoms with Gasteiger partial charge in [-0.3, -0.25) is 4.79 Å². The SMILES string of the molecule is CN(CC(=O)Nc1nc2ccccc2nc1N1CCCC1)S(=O)(=O)c1ccc2c(c1)OCCCO2. The zero-order chi connectivity index (χ0) is 24.4. The van der Waals surface area contributed by atoms with E-state index in [2.05, 4.69) is 15.2 Å². The summed E-state index contributed by atoms with van der Waals surface area (Å²) in [5, 5.41) is 2.79. The number of para-hydroxylation sites is 2. The van der Waals surface area contributed by atoms with E-state index < -0.39 is 15.9 Å². The van der Waals surface area contributed by atoms with Crippen LogP contribution in [-0.2, 0) is 14.8 Å². The fourth-order valence-corrected chi connectivity index (χ4v) is 5.31. The molecule has 2 aromatic carbocycles. The van der Waals surface area contributed by atoms with Crippen LogP contribution in [-0.4, -0.2) is 68.5 Å². The van der Waals surface area contributed by atoms with Gasteiger partial charge in [0.05, 0.1) is 35.7 Å². The first kappa shape index (κ1) is 23.3. The second kappa shape index (κ2) is 9.67. The maximum atomic E-state index is 13.2. The Hall–Kier alpha value is -3.44. The number of hydrogen-bond donors (Lipinski definition) is 1. The van der Waals surface area contributed by atoms with Crippen LogP contribution in [0.1, 0.15) is 19.3 Å². The van der Waals surface area contributed by atoms with E-state index >= 15 is 0 Å². The van der Waals surface area contributed by atoms with Crippen LogP contribution in [0.3, 0.4) is 0 Å². The molecular weight excluding hydrogens is 470 g/mol. The molecule has 2 aliphatic rings. The Morgan fingerprint density at radius 3 is 2.43 bits per heavy atom. The number of aromatic nitrogens is 2. The molecule has 0 saturated carbocycles. The minimum absolute atomic E-state index is 0.0281. The fraction of sp³-hybridized carbons (Fsp3) is 0.375. The first-order valence-electron chi connectivity index (χ1n) is 11.6. The number of hydrogen-bond acceptors (Lipinski definition) is 8. The highest BCUT2D eigenvalue weighted by atomic mass is 32.2. The van der Waals surface area contributed by atoms with E-state index in [1.54, 1.807) is 6.07 Å². The van der Waals surface area contributed by atoms with Gasteiger partial charge in [-0.2, -0.15) is 4.31 Å². The van der Waals surface area contributed by atoms with Crippen molar-refractivity contribution in [1.82, 2.24) is 14.3 Å². The minimum atomic E-state index is -3.94. The van der Waals surface area contributed by atoms with Crippen molar-refractivity contribution in [2.75, 3.05) is 50.1 Å². The molecule has 0 aliphatic carbocycles. The maximum Gasteiger partial charge on any atom is 0.243 e. The third-order valence-corrected chi connectivity index (χ3v) is 7.81. The van der Waals surface area contributed by atoms with Gasteiger partial charge in [0.15, 0.2) is 23.1 Å². The molecule has 1 amide bonds. The van der Waals surface area contributed by atoms with E-state index in [1.807, 2.05) is 24.3 Å². The van der Waals surface area contributed by atoms with Crippen LogP contribution >= 0.6 is 0 Å². The zero-order valence-electron chi connectivity index (χ0n) is 19.4. The van der Waals surface area contributed by atoms with Gasteiger partial charge in [0.2, 0.25) is 15.9 Å². The number of nitrogens with one attached hydrogen (secondary N) is 1. The predicted octanol–water partition coefficient (Wildman–Crippen LogP) is 2.65. The van der Waals surface area contributed by atoms with Gasteiger partial charge in [-0.05, 0) is 37.1 Å². The first-order valence-corrected chi connectivity index (χ1v) is 13.0. The largest absolute Gasteiger partial charge is 0.490 e. The summed E-state index contributed by atoms with van der Waals surface area (Å²) >= 11 is 0. The van der Waals surface area contributed by atoms with Gasteiger partial charge in [0.25, 0.3) is 0 Å². The Morgan fingerprint density at radius 1 is 1.00 bits per heavy atom. The number of benzene rings is 2. The maximum absolute atomic E-state index is 13.2. The van der Waals surface area contributed by atoms with Gasteiger partial charge in [-0.15, -0.1) is 0 Å². The lowest BCUT2D eigenvalue weighted by atomic mass is 10.3. The van der Waals surface area contributed by atoms with Crippen molar-refractivity contribution in [2.45, 2.75) is 24.2 Å². The van der Waals surface area contributed by atoms with Crippen molar-refractivity contribution in [3.05, 3.63) is 42.5 Å². The van der Waals surface area contributed by atoms with Crippen LogP contribution in [0, 0.1) is 0 Å². The van der Waals surface area contributed by atoms with E-state index in [-0.39, 0.29) is 11.4 Å². The molecule has 1 fully saturated rings. The van der Waals surface area contributed by atoms with Gasteiger partial charge in [0, 0.05) is 32.6 Å². The molecule has 0 atom stereocenters. The number of anilines is 2. The standard InChI is InChI=1S/C24H27N5O5S/c1-28(35(31,32)17-9-10-20-21(15-17)34-14-6-13-33-20)16-22(30)27-23-24(29-11-4-5-12-29)26-19-8-3-2-7-18(19)25-23/h2-3,7-10,15H,4-6,11-14,16H2,1H3,(H,25,27,30). The average molecular weight is 498 g/mol. The second-order valence-corrected chi connectivity index (χ2v) is 10.6. The second-order valence-electron chi connectivity index (χ2n) is 8.55. The Morgan fingerprint density at radius 2 is 1.69 bits per heavy atom. The van der Waals surface area contributed by atoms with Crippen LogP contribution in [0.4, 0.5) is 11.6 Å². The number of sulfonamides is 1. The summed E-state index contributed by atoms with van der Waals surface area (Å²) in [6, 6.07) is 11.9. The summed E-state index contributed by atoms with van der Waals surface area (Å²) in [6.07, 6.45) is 2.80. The quantitative estimate of drug-likeness (QED) is 0.553. The Balaban J connectivity index is 1.35. The predicted molar refractivity (Wildman–Crippen MR) is 131 cm³/mol. The summed E-state index contributed by atoms with van der Waals surface area (Å²) < 4.78 is 38.5. The Labute approximate surface area is 203 Å². The summed E-state index contributed by atoms with van der Waals surface area (Å²) in [5.41, 5.74) is 1.39. The number of fused-ring (bicyclic) bond motifs is 2. The third-order valence-electron chi connectivity index (χ3n) is 6.01. The molecule has 5 rings (SSSR count). The number of amides is 1. The first-order chi connectivity index (χ1) is 16.9. The molecule has 10 nitrogen and oxygen atoms in total. The highest BCUT2D eigenvalue weighted by molar-refractivity contribution is 7.89. The Kier molecular flexibility index (Phi) is 6.44. The monoisotopic (exact) mass is 497 g/mol. The van der Waals surface area contributed by atoms with Crippen LogP contribution < -0.4 is 19.7 Å². The van der Waals surface area contributed by atoms with Crippen molar-refractivity contribution in [3.8, 4) is 11.5 Å². The molecule has 0 unspecified atom stereocenters. The molecule has 1 saturated heterocycles. The number of nitrogens with zero attached hydrogens (tertiary/aromatic N) is 4. The fourth-order valence-electron chi connectivity index (χ4n) is 4.17. The highest BCUT2D eigenvalue weighted by Gasteiger charge is 2.27. The lowest BCUT2D eigenvalue weighted by molar-refractivity contribution is -0.116. The molecule has 0 spiro atoms. The number of likely N-dealkylation sites (N-methyl/N-ethyl adjacent to an activating group) is 1. The summed E-state index contributed by atoms with van der Waals surface area (Å²) in [5.74, 6) is 1.31. The number of carbonyl (C=O) groups excluding carboxylic acids is 1. The molecule has 184 valence electrons. The average Bonchev–Trinajstić information content (AvgIpc) is 3.28. The van der Waals surface area contributed by atoms with Crippen molar-refractivity contribution in [3.63, 3.8) is 0 Å². The minimum Gasteiger partial charge on any atom is -0.490 e. The topological polar surface area (TPSA) is 114 Å². The van der Waals surface area contributed by atoms with Gasteiger partial charge < -0.3 is 19.7 Å². The molecular formula is C24H27N5O5S. The lowest BCUT2D eigenvalue weighted by Gasteiger charge is -2.21. The van der Waals surface area contributed by atoms with E-state index in [9.17, 15) is 13.2 Å². The van der Waals surface area contributed by atoms with Gasteiger partial charge in [-0.25, -0.2) is 18.4 Å².